The van der Waals surface area contributed by atoms with E-state index in [1.165, 1.54) is 0 Å². The molecule has 76 valence electrons. The molecule has 1 aliphatic rings. The first-order chi connectivity index (χ1) is 6.73. The number of hydrogen-bond acceptors (Lipinski definition) is 2. The van der Waals surface area contributed by atoms with Crippen LogP contribution in [0.1, 0.15) is 25.3 Å². The third kappa shape index (κ3) is 1.56. The first-order valence-electron chi connectivity index (χ1n) is 5.25. The van der Waals surface area contributed by atoms with Crippen molar-refractivity contribution >= 4 is 0 Å². The Morgan fingerprint density at radius 2 is 2.07 bits per heavy atom. The number of hydrogen-bond donors (Lipinski definition) is 2. The second-order valence-corrected chi connectivity index (χ2v) is 4.07. The van der Waals surface area contributed by atoms with Crippen LogP contribution in [-0.2, 0) is 5.60 Å². The number of rotatable bonds is 1. The topological polar surface area (TPSA) is 32.3 Å². The summed E-state index contributed by atoms with van der Waals surface area (Å²) in [6.07, 6.45) is 1.89. The highest BCUT2D eigenvalue weighted by Crippen LogP contribution is 2.32. The highest BCUT2D eigenvalue weighted by molar-refractivity contribution is 5.24. The van der Waals surface area contributed by atoms with Crippen LogP contribution in [0.15, 0.2) is 30.3 Å². The number of aliphatic hydroxyl groups is 1. The van der Waals surface area contributed by atoms with Crippen molar-refractivity contribution in [3.63, 3.8) is 0 Å². The highest BCUT2D eigenvalue weighted by Gasteiger charge is 2.37. The molecule has 0 spiro atoms. The maximum absolute atomic E-state index is 10.5. The zero-order valence-electron chi connectivity index (χ0n) is 8.53. The molecule has 1 aromatic rings. The monoisotopic (exact) mass is 191 g/mol. The Hall–Kier alpha value is -0.860. The average molecular weight is 191 g/mol. The fourth-order valence-electron chi connectivity index (χ4n) is 2.18. The summed E-state index contributed by atoms with van der Waals surface area (Å²) in [5, 5.41) is 13.9. The third-order valence-corrected chi connectivity index (χ3v) is 3.18. The quantitative estimate of drug-likeness (QED) is 0.707. The lowest BCUT2D eigenvalue weighted by atomic mass is 9.81. The maximum atomic E-state index is 10.5. The Labute approximate surface area is 85.0 Å². The Kier molecular flexibility index (Phi) is 2.57. The summed E-state index contributed by atoms with van der Waals surface area (Å²) in [6.45, 7) is 3.06. The summed E-state index contributed by atoms with van der Waals surface area (Å²) in [5.74, 6) is 0. The van der Waals surface area contributed by atoms with Gasteiger partial charge in [0.25, 0.3) is 0 Å². The molecule has 14 heavy (non-hydrogen) atoms. The van der Waals surface area contributed by atoms with E-state index in [4.69, 9.17) is 0 Å². The van der Waals surface area contributed by atoms with Gasteiger partial charge in [0.15, 0.2) is 0 Å². The molecule has 0 aliphatic carbocycles. The van der Waals surface area contributed by atoms with Gasteiger partial charge < -0.3 is 10.4 Å². The zero-order valence-corrected chi connectivity index (χ0v) is 8.53. The molecule has 0 aromatic heterocycles. The van der Waals surface area contributed by atoms with E-state index in [-0.39, 0.29) is 6.04 Å². The molecule has 0 amide bonds. The van der Waals surface area contributed by atoms with Crippen molar-refractivity contribution in [1.82, 2.24) is 5.32 Å². The Morgan fingerprint density at radius 3 is 2.71 bits per heavy atom. The first-order valence-corrected chi connectivity index (χ1v) is 5.25. The van der Waals surface area contributed by atoms with E-state index >= 15 is 0 Å². The van der Waals surface area contributed by atoms with Gasteiger partial charge in [0.2, 0.25) is 0 Å². The van der Waals surface area contributed by atoms with Gasteiger partial charge in [0.1, 0.15) is 5.60 Å². The minimum absolute atomic E-state index is 0.138. The van der Waals surface area contributed by atoms with Crippen molar-refractivity contribution in [3.8, 4) is 0 Å². The molecule has 0 bridgehead atoms. The molecule has 1 aliphatic heterocycles. The SMILES string of the molecule is C[C@H]1NCCC[C@@]1(O)c1ccccc1. The lowest BCUT2D eigenvalue weighted by molar-refractivity contribution is -0.0226. The molecule has 0 saturated carbocycles. The molecular weight excluding hydrogens is 174 g/mol. The normalized spacial score (nSPS) is 32.9. The number of benzene rings is 1. The van der Waals surface area contributed by atoms with E-state index in [1.807, 2.05) is 37.3 Å². The van der Waals surface area contributed by atoms with Crippen LogP contribution in [0, 0.1) is 0 Å². The Morgan fingerprint density at radius 1 is 1.36 bits per heavy atom. The largest absolute Gasteiger partial charge is 0.384 e. The number of piperidine rings is 1. The molecule has 0 radical (unpaired) electrons. The van der Waals surface area contributed by atoms with E-state index in [0.29, 0.717) is 0 Å². The molecular formula is C12H17NO. The predicted molar refractivity (Wildman–Crippen MR) is 57.0 cm³/mol. The van der Waals surface area contributed by atoms with Gasteiger partial charge in [0, 0.05) is 6.04 Å². The van der Waals surface area contributed by atoms with Crippen molar-refractivity contribution in [2.24, 2.45) is 0 Å². The second kappa shape index (κ2) is 3.71. The zero-order chi connectivity index (χ0) is 10.0. The smallest absolute Gasteiger partial charge is 0.105 e. The maximum Gasteiger partial charge on any atom is 0.105 e. The van der Waals surface area contributed by atoms with Gasteiger partial charge in [0.05, 0.1) is 0 Å². The van der Waals surface area contributed by atoms with Crippen LogP contribution in [0.2, 0.25) is 0 Å². The van der Waals surface area contributed by atoms with Gasteiger partial charge in [-0.1, -0.05) is 30.3 Å². The molecule has 2 atom stereocenters. The molecule has 2 heteroatoms. The summed E-state index contributed by atoms with van der Waals surface area (Å²) >= 11 is 0. The minimum atomic E-state index is -0.681. The highest BCUT2D eigenvalue weighted by atomic mass is 16.3. The molecule has 2 rings (SSSR count). The van der Waals surface area contributed by atoms with Crippen LogP contribution < -0.4 is 5.32 Å². The predicted octanol–water partition coefficient (Wildman–Crippen LogP) is 1.65. The summed E-state index contributed by atoms with van der Waals surface area (Å²) in [4.78, 5) is 0. The van der Waals surface area contributed by atoms with Gasteiger partial charge >= 0.3 is 0 Å². The van der Waals surface area contributed by atoms with E-state index in [1.54, 1.807) is 0 Å². The fraction of sp³-hybridized carbons (Fsp3) is 0.500. The molecule has 1 heterocycles. The van der Waals surface area contributed by atoms with Crippen LogP contribution in [0.5, 0.6) is 0 Å². The van der Waals surface area contributed by atoms with Gasteiger partial charge in [-0.05, 0) is 31.9 Å². The molecule has 2 nitrogen and oxygen atoms in total. The van der Waals surface area contributed by atoms with Crippen LogP contribution in [0.4, 0.5) is 0 Å². The summed E-state index contributed by atoms with van der Waals surface area (Å²) in [6, 6.07) is 10.1. The fourth-order valence-corrected chi connectivity index (χ4v) is 2.18. The molecule has 0 unspecified atom stereocenters. The molecule has 2 N–H and O–H groups in total. The summed E-state index contributed by atoms with van der Waals surface area (Å²) in [7, 11) is 0. The van der Waals surface area contributed by atoms with Crippen LogP contribution in [0.3, 0.4) is 0 Å². The number of nitrogens with one attached hydrogen (secondary N) is 1. The van der Waals surface area contributed by atoms with E-state index in [9.17, 15) is 5.11 Å². The van der Waals surface area contributed by atoms with Crippen LogP contribution in [0.25, 0.3) is 0 Å². The van der Waals surface area contributed by atoms with Crippen molar-refractivity contribution in [2.75, 3.05) is 6.54 Å². The van der Waals surface area contributed by atoms with Crippen LogP contribution in [-0.4, -0.2) is 17.7 Å². The van der Waals surface area contributed by atoms with Crippen molar-refractivity contribution in [1.29, 1.82) is 0 Å². The van der Waals surface area contributed by atoms with Crippen molar-refractivity contribution in [3.05, 3.63) is 35.9 Å². The second-order valence-electron chi connectivity index (χ2n) is 4.07. The third-order valence-electron chi connectivity index (χ3n) is 3.18. The minimum Gasteiger partial charge on any atom is -0.384 e. The lowest BCUT2D eigenvalue weighted by Crippen LogP contribution is -2.50. The van der Waals surface area contributed by atoms with E-state index < -0.39 is 5.60 Å². The standard InChI is InChI=1S/C12H17NO/c1-10-12(14,8-5-9-13-10)11-6-3-2-4-7-11/h2-4,6-7,10,13-14H,5,8-9H2,1H3/t10-,12+/m1/s1. The van der Waals surface area contributed by atoms with Crippen LogP contribution >= 0.6 is 0 Å². The molecule has 1 aromatic carbocycles. The first kappa shape index (κ1) is 9.69. The Bertz CT molecular complexity index is 298. The van der Waals surface area contributed by atoms with Gasteiger partial charge in [-0.25, -0.2) is 0 Å². The van der Waals surface area contributed by atoms with Gasteiger partial charge in [-0.2, -0.15) is 0 Å². The molecule has 1 fully saturated rings. The van der Waals surface area contributed by atoms with Gasteiger partial charge in [-0.15, -0.1) is 0 Å². The lowest BCUT2D eigenvalue weighted by Gasteiger charge is -2.39. The van der Waals surface area contributed by atoms with Crippen molar-refractivity contribution < 1.29 is 5.11 Å². The summed E-state index contributed by atoms with van der Waals surface area (Å²) in [5.41, 5.74) is 0.346. The molecule has 1 saturated heterocycles. The van der Waals surface area contributed by atoms with Gasteiger partial charge in [-0.3, -0.25) is 0 Å². The Balaban J connectivity index is 2.30. The van der Waals surface area contributed by atoms with E-state index in [2.05, 4.69) is 5.32 Å². The van der Waals surface area contributed by atoms with Crippen molar-refractivity contribution in [2.45, 2.75) is 31.4 Å². The average Bonchev–Trinajstić information content (AvgIpc) is 2.24. The summed E-state index contributed by atoms with van der Waals surface area (Å²) < 4.78 is 0. The van der Waals surface area contributed by atoms with E-state index in [0.717, 1.165) is 24.9 Å².